The second kappa shape index (κ2) is 7.84. The normalized spacial score (nSPS) is 14.7. The van der Waals surface area contributed by atoms with E-state index in [1.54, 1.807) is 12.2 Å². The summed E-state index contributed by atoms with van der Waals surface area (Å²) in [4.78, 5) is 23.2. The maximum absolute atomic E-state index is 11.6. The Morgan fingerprint density at radius 1 is 0.667 bits per heavy atom. The fraction of sp³-hybridized carbons (Fsp3) is 0.0769. The number of carbonyl (C=O) groups is 2. The molecule has 3 aromatic rings. The third-order valence-electron chi connectivity index (χ3n) is 5.49. The van der Waals surface area contributed by atoms with Crippen LogP contribution in [0.5, 0.6) is 0 Å². The van der Waals surface area contributed by atoms with E-state index in [0.717, 1.165) is 33.4 Å². The van der Waals surface area contributed by atoms with E-state index >= 15 is 0 Å². The van der Waals surface area contributed by atoms with E-state index in [2.05, 4.69) is 24.3 Å². The molecule has 0 saturated carbocycles. The molecule has 1 aliphatic carbocycles. The molecule has 0 bridgehead atoms. The van der Waals surface area contributed by atoms with Gasteiger partial charge in [-0.1, -0.05) is 97.1 Å². The Morgan fingerprint density at radius 3 is 1.70 bits per heavy atom. The number of rotatable bonds is 5. The van der Waals surface area contributed by atoms with Crippen molar-refractivity contribution >= 4 is 17.5 Å². The smallest absolute Gasteiger partial charge is 0.325 e. The highest BCUT2D eigenvalue weighted by molar-refractivity contribution is 6.03. The van der Waals surface area contributed by atoms with Crippen LogP contribution in [0.3, 0.4) is 0 Å². The zero-order valence-corrected chi connectivity index (χ0v) is 16.2. The van der Waals surface area contributed by atoms with E-state index in [9.17, 15) is 19.8 Å². The molecule has 2 N–H and O–H groups in total. The quantitative estimate of drug-likeness (QED) is 0.557. The van der Waals surface area contributed by atoms with Crippen LogP contribution in [0.1, 0.15) is 12.0 Å². The maximum Gasteiger partial charge on any atom is 0.325 e. The topological polar surface area (TPSA) is 74.6 Å². The molecule has 0 amide bonds. The average Bonchev–Trinajstić information content (AvgIpc) is 2.79. The molecule has 1 aliphatic rings. The van der Waals surface area contributed by atoms with E-state index in [1.807, 2.05) is 54.6 Å². The minimum atomic E-state index is -1.92. The molecule has 0 unspecified atom stereocenters. The summed E-state index contributed by atoms with van der Waals surface area (Å²) >= 11 is 0. The number of aliphatic carboxylic acids is 2. The van der Waals surface area contributed by atoms with Crippen molar-refractivity contribution in [1.29, 1.82) is 0 Å². The molecule has 0 atom stereocenters. The fourth-order valence-corrected chi connectivity index (χ4v) is 3.80. The summed E-state index contributed by atoms with van der Waals surface area (Å²) in [5, 5.41) is 18.9. The van der Waals surface area contributed by atoms with Crippen molar-refractivity contribution in [1.82, 2.24) is 0 Å². The standard InChI is InChI=1S/C26H20O4/c27-24(28)26(25(29)30)16-14-19(15-17-26)21-11-5-7-13-23(21)22-12-6-4-10-20(22)18-8-2-1-3-9-18/h1-16H,17H2,(H,27,28)(H,29,30). The van der Waals surface area contributed by atoms with Crippen LogP contribution in [0, 0.1) is 5.41 Å². The molecule has 0 spiro atoms. The van der Waals surface area contributed by atoms with Crippen molar-refractivity contribution < 1.29 is 19.8 Å². The molecule has 148 valence electrons. The number of hydrogen-bond acceptors (Lipinski definition) is 2. The predicted molar refractivity (Wildman–Crippen MR) is 117 cm³/mol. The molecule has 4 rings (SSSR count). The van der Waals surface area contributed by atoms with Gasteiger partial charge in [-0.3, -0.25) is 9.59 Å². The number of benzene rings is 3. The highest BCUT2D eigenvalue weighted by Gasteiger charge is 2.44. The first kappa shape index (κ1) is 19.4. The van der Waals surface area contributed by atoms with Gasteiger partial charge in [0.1, 0.15) is 0 Å². The highest BCUT2D eigenvalue weighted by Crippen LogP contribution is 2.39. The van der Waals surface area contributed by atoms with Gasteiger partial charge in [0, 0.05) is 0 Å². The van der Waals surface area contributed by atoms with Gasteiger partial charge in [-0.15, -0.1) is 0 Å². The lowest BCUT2D eigenvalue weighted by Gasteiger charge is -2.24. The van der Waals surface area contributed by atoms with Crippen molar-refractivity contribution in [3.8, 4) is 22.3 Å². The van der Waals surface area contributed by atoms with Crippen LogP contribution in [0.15, 0.2) is 97.1 Å². The molecule has 0 aromatic heterocycles. The molecule has 0 fully saturated rings. The predicted octanol–water partition coefficient (Wildman–Crippen LogP) is 5.52. The molecule has 0 saturated heterocycles. The summed E-state index contributed by atoms with van der Waals surface area (Å²) in [7, 11) is 0. The van der Waals surface area contributed by atoms with Crippen molar-refractivity contribution in [2.24, 2.45) is 5.41 Å². The van der Waals surface area contributed by atoms with Crippen LogP contribution in [-0.2, 0) is 9.59 Å². The highest BCUT2D eigenvalue weighted by atomic mass is 16.4. The Balaban J connectivity index is 1.80. The minimum absolute atomic E-state index is 0.0990. The number of allylic oxidation sites excluding steroid dienone is 3. The largest absolute Gasteiger partial charge is 0.480 e. The lowest BCUT2D eigenvalue weighted by Crippen LogP contribution is -2.38. The van der Waals surface area contributed by atoms with Crippen molar-refractivity contribution in [2.75, 3.05) is 0 Å². The second-order valence-electron chi connectivity index (χ2n) is 7.24. The monoisotopic (exact) mass is 396 g/mol. The Kier molecular flexibility index (Phi) is 5.07. The molecule has 30 heavy (non-hydrogen) atoms. The lowest BCUT2D eigenvalue weighted by atomic mass is 9.78. The average molecular weight is 396 g/mol. The van der Waals surface area contributed by atoms with E-state index in [-0.39, 0.29) is 6.42 Å². The maximum atomic E-state index is 11.6. The number of carboxylic acid groups (broad SMARTS) is 2. The van der Waals surface area contributed by atoms with Crippen molar-refractivity contribution in [2.45, 2.75) is 6.42 Å². The van der Waals surface area contributed by atoms with Crippen LogP contribution < -0.4 is 0 Å². The van der Waals surface area contributed by atoms with E-state index < -0.39 is 17.4 Å². The van der Waals surface area contributed by atoms with Gasteiger partial charge in [-0.25, -0.2) is 0 Å². The Hall–Kier alpha value is -3.92. The second-order valence-corrected chi connectivity index (χ2v) is 7.24. The van der Waals surface area contributed by atoms with Crippen molar-refractivity contribution in [3.63, 3.8) is 0 Å². The summed E-state index contributed by atoms with van der Waals surface area (Å²) in [6.07, 6.45) is 4.49. The van der Waals surface area contributed by atoms with E-state index in [1.165, 1.54) is 6.08 Å². The molecule has 3 aromatic carbocycles. The van der Waals surface area contributed by atoms with Gasteiger partial charge in [-0.05, 0) is 39.8 Å². The summed E-state index contributed by atoms with van der Waals surface area (Å²) in [5.74, 6) is -2.71. The molecule has 0 radical (unpaired) electrons. The Morgan fingerprint density at radius 2 is 1.17 bits per heavy atom. The van der Waals surface area contributed by atoms with Crippen LogP contribution in [-0.4, -0.2) is 22.2 Å². The van der Waals surface area contributed by atoms with Gasteiger partial charge >= 0.3 is 11.9 Å². The SMILES string of the molecule is O=C(O)C1(C(=O)O)C=CC(c2ccccc2-c2ccccc2-c2ccccc2)=CC1. The minimum Gasteiger partial charge on any atom is -0.480 e. The summed E-state index contributed by atoms with van der Waals surface area (Å²) in [5.41, 5.74) is 4.09. The zero-order chi connectivity index (χ0) is 21.1. The first-order valence-corrected chi connectivity index (χ1v) is 9.63. The van der Waals surface area contributed by atoms with Crippen LogP contribution in [0.4, 0.5) is 0 Å². The lowest BCUT2D eigenvalue weighted by molar-refractivity contribution is -0.160. The fourth-order valence-electron chi connectivity index (χ4n) is 3.80. The summed E-state index contributed by atoms with van der Waals surface area (Å²) < 4.78 is 0. The Labute approximate surface area is 174 Å². The van der Waals surface area contributed by atoms with Gasteiger partial charge in [0.25, 0.3) is 0 Å². The van der Waals surface area contributed by atoms with Gasteiger partial charge in [0.05, 0.1) is 0 Å². The van der Waals surface area contributed by atoms with E-state index in [0.29, 0.717) is 0 Å². The van der Waals surface area contributed by atoms with Gasteiger partial charge in [0.15, 0.2) is 5.41 Å². The molecular formula is C26H20O4. The molecule has 0 aliphatic heterocycles. The first-order valence-electron chi connectivity index (χ1n) is 9.63. The number of carboxylic acids is 2. The molecular weight excluding hydrogens is 376 g/mol. The van der Waals surface area contributed by atoms with Gasteiger partial charge in [-0.2, -0.15) is 0 Å². The Bertz CT molecular complexity index is 1160. The summed E-state index contributed by atoms with van der Waals surface area (Å²) in [6.45, 7) is 0. The molecule has 4 nitrogen and oxygen atoms in total. The van der Waals surface area contributed by atoms with Crippen molar-refractivity contribution in [3.05, 3.63) is 103 Å². The first-order chi connectivity index (χ1) is 14.5. The third-order valence-corrected chi connectivity index (χ3v) is 5.49. The van der Waals surface area contributed by atoms with Crippen LogP contribution >= 0.6 is 0 Å². The van der Waals surface area contributed by atoms with E-state index in [4.69, 9.17) is 0 Å². The third kappa shape index (κ3) is 3.33. The van der Waals surface area contributed by atoms with Crippen LogP contribution in [0.2, 0.25) is 0 Å². The summed E-state index contributed by atoms with van der Waals surface area (Å²) in [6, 6.07) is 26.1. The molecule has 0 heterocycles. The van der Waals surface area contributed by atoms with Crippen LogP contribution in [0.25, 0.3) is 27.8 Å². The van der Waals surface area contributed by atoms with Gasteiger partial charge in [0.2, 0.25) is 0 Å². The molecule has 4 heteroatoms. The number of hydrogen-bond donors (Lipinski definition) is 2. The zero-order valence-electron chi connectivity index (χ0n) is 16.2. The van der Waals surface area contributed by atoms with Gasteiger partial charge < -0.3 is 10.2 Å².